The van der Waals surface area contributed by atoms with E-state index in [0.717, 1.165) is 0 Å². The Labute approximate surface area is 92.7 Å². The van der Waals surface area contributed by atoms with Gasteiger partial charge >= 0.3 is 11.8 Å². The number of amides is 2. The van der Waals surface area contributed by atoms with Gasteiger partial charge in [0.1, 0.15) is 0 Å². The molecule has 5 nitrogen and oxygen atoms in total. The molecule has 0 saturated heterocycles. The Balaban J connectivity index is 2.34. The van der Waals surface area contributed by atoms with Crippen molar-refractivity contribution in [2.24, 2.45) is 0 Å². The number of benzene rings is 1. The van der Waals surface area contributed by atoms with Gasteiger partial charge in [0, 0.05) is 13.2 Å². The second kappa shape index (κ2) is 4.32. The molecule has 0 fully saturated rings. The Morgan fingerprint density at radius 2 is 2.00 bits per heavy atom. The fraction of sp³-hybridized carbons (Fsp3) is 0.273. The first-order valence-electron chi connectivity index (χ1n) is 5.01. The van der Waals surface area contributed by atoms with Gasteiger partial charge < -0.3 is 10.0 Å². The maximum atomic E-state index is 11.6. The van der Waals surface area contributed by atoms with Crippen LogP contribution in [0.1, 0.15) is 6.42 Å². The first-order valence-corrected chi connectivity index (χ1v) is 5.01. The molecule has 2 amide bonds. The fourth-order valence-electron chi connectivity index (χ4n) is 1.62. The fourth-order valence-corrected chi connectivity index (χ4v) is 1.62. The quantitative estimate of drug-likeness (QED) is 0.737. The smallest absolute Gasteiger partial charge is 0.336 e. The number of rotatable bonds is 3. The van der Waals surface area contributed by atoms with E-state index in [1.807, 2.05) is 0 Å². The SMILES string of the molecule is O=C1[N]c2ccccc2N(CCCO)C1=O. The summed E-state index contributed by atoms with van der Waals surface area (Å²) in [7, 11) is 0. The van der Waals surface area contributed by atoms with Crippen molar-refractivity contribution in [2.45, 2.75) is 6.42 Å². The van der Waals surface area contributed by atoms with Crippen LogP contribution in [0.3, 0.4) is 0 Å². The van der Waals surface area contributed by atoms with Crippen LogP contribution in [0.2, 0.25) is 0 Å². The summed E-state index contributed by atoms with van der Waals surface area (Å²) in [6.07, 6.45) is 0.438. The molecule has 1 aromatic rings. The van der Waals surface area contributed by atoms with Crippen molar-refractivity contribution >= 4 is 23.2 Å². The first-order chi connectivity index (χ1) is 7.74. The standard InChI is InChI=1S/C11H11N2O3/c14-7-3-6-13-9-5-2-1-4-8(9)12-10(15)11(13)16/h1-2,4-5,14H,3,6-7H2. The molecule has 83 valence electrons. The Morgan fingerprint density at radius 1 is 1.25 bits per heavy atom. The monoisotopic (exact) mass is 219 g/mol. The van der Waals surface area contributed by atoms with Crippen molar-refractivity contribution in [1.82, 2.24) is 5.32 Å². The zero-order valence-corrected chi connectivity index (χ0v) is 8.59. The second-order valence-electron chi connectivity index (χ2n) is 3.44. The topological polar surface area (TPSA) is 71.7 Å². The maximum Gasteiger partial charge on any atom is 0.336 e. The van der Waals surface area contributed by atoms with E-state index in [9.17, 15) is 9.59 Å². The van der Waals surface area contributed by atoms with Gasteiger partial charge in [-0.25, -0.2) is 5.32 Å². The highest BCUT2D eigenvalue weighted by Gasteiger charge is 2.31. The van der Waals surface area contributed by atoms with Gasteiger partial charge in [-0.2, -0.15) is 0 Å². The maximum absolute atomic E-state index is 11.6. The van der Waals surface area contributed by atoms with Crippen molar-refractivity contribution in [3.63, 3.8) is 0 Å². The van der Waals surface area contributed by atoms with Crippen LogP contribution >= 0.6 is 0 Å². The number of hydrogen-bond donors (Lipinski definition) is 1. The molecule has 0 atom stereocenters. The number of carbonyl (C=O) groups excluding carboxylic acids is 2. The van der Waals surface area contributed by atoms with E-state index in [2.05, 4.69) is 5.32 Å². The summed E-state index contributed by atoms with van der Waals surface area (Å²) < 4.78 is 0. The minimum atomic E-state index is -0.753. The van der Waals surface area contributed by atoms with E-state index in [1.165, 1.54) is 4.90 Å². The van der Waals surface area contributed by atoms with Crippen molar-refractivity contribution in [2.75, 3.05) is 18.1 Å². The highest BCUT2D eigenvalue weighted by molar-refractivity contribution is 6.43. The lowest BCUT2D eigenvalue weighted by Gasteiger charge is -2.27. The van der Waals surface area contributed by atoms with Crippen LogP contribution in [0, 0.1) is 0 Å². The number of fused-ring (bicyclic) bond motifs is 1. The van der Waals surface area contributed by atoms with E-state index in [4.69, 9.17) is 5.11 Å². The number of para-hydroxylation sites is 2. The second-order valence-corrected chi connectivity index (χ2v) is 3.44. The summed E-state index contributed by atoms with van der Waals surface area (Å²) >= 11 is 0. The molecule has 0 aromatic heterocycles. The lowest BCUT2D eigenvalue weighted by Crippen LogP contribution is -2.44. The Kier molecular flexibility index (Phi) is 2.87. The van der Waals surface area contributed by atoms with Crippen LogP contribution in [0.15, 0.2) is 24.3 Å². The van der Waals surface area contributed by atoms with Gasteiger partial charge in [-0.1, -0.05) is 12.1 Å². The van der Waals surface area contributed by atoms with E-state index in [0.29, 0.717) is 24.3 Å². The van der Waals surface area contributed by atoms with E-state index in [1.54, 1.807) is 24.3 Å². The molecule has 1 aromatic carbocycles. The third kappa shape index (κ3) is 1.77. The van der Waals surface area contributed by atoms with Crippen molar-refractivity contribution < 1.29 is 14.7 Å². The summed E-state index contributed by atoms with van der Waals surface area (Å²) in [5, 5.41) is 12.4. The molecule has 16 heavy (non-hydrogen) atoms. The van der Waals surface area contributed by atoms with Crippen LogP contribution in [0.5, 0.6) is 0 Å². The predicted molar refractivity (Wildman–Crippen MR) is 57.3 cm³/mol. The number of hydrogen-bond acceptors (Lipinski definition) is 3. The summed E-state index contributed by atoms with van der Waals surface area (Å²) in [6, 6.07) is 6.96. The van der Waals surface area contributed by atoms with Crippen LogP contribution in [-0.4, -0.2) is 30.1 Å². The lowest BCUT2D eigenvalue weighted by molar-refractivity contribution is -0.137. The minimum absolute atomic E-state index is 0.0166. The zero-order chi connectivity index (χ0) is 11.5. The molecule has 2 rings (SSSR count). The lowest BCUT2D eigenvalue weighted by atomic mass is 10.2. The largest absolute Gasteiger partial charge is 0.396 e. The van der Waals surface area contributed by atoms with E-state index in [-0.39, 0.29) is 6.61 Å². The summed E-state index contributed by atoms with van der Waals surface area (Å²) in [4.78, 5) is 24.3. The molecule has 1 heterocycles. The Hall–Kier alpha value is -1.88. The number of carbonyl (C=O) groups is 2. The van der Waals surface area contributed by atoms with E-state index < -0.39 is 11.8 Å². The van der Waals surface area contributed by atoms with Crippen molar-refractivity contribution in [3.05, 3.63) is 24.3 Å². The molecule has 0 aliphatic carbocycles. The van der Waals surface area contributed by atoms with Gasteiger partial charge in [-0.05, 0) is 18.6 Å². The summed E-state index contributed by atoms with van der Waals surface area (Å²) in [6.45, 7) is 0.310. The van der Waals surface area contributed by atoms with E-state index >= 15 is 0 Å². The molecule has 5 heteroatoms. The number of nitrogens with zero attached hydrogens (tertiary/aromatic N) is 2. The molecule has 1 aliphatic rings. The number of anilines is 1. The zero-order valence-electron chi connectivity index (χ0n) is 8.59. The van der Waals surface area contributed by atoms with Gasteiger partial charge in [0.25, 0.3) is 0 Å². The molecule has 0 spiro atoms. The Bertz CT molecular complexity index is 431. The van der Waals surface area contributed by atoms with Gasteiger partial charge in [-0.3, -0.25) is 9.59 Å². The molecule has 0 saturated carbocycles. The molecule has 0 bridgehead atoms. The molecule has 1 radical (unpaired) electrons. The summed E-state index contributed by atoms with van der Waals surface area (Å²) in [5.74, 6) is -1.39. The Morgan fingerprint density at radius 3 is 2.75 bits per heavy atom. The predicted octanol–water partition coefficient (Wildman–Crippen LogP) is 0.178. The van der Waals surface area contributed by atoms with Gasteiger partial charge in [0.2, 0.25) is 0 Å². The summed E-state index contributed by atoms with van der Waals surface area (Å²) in [5.41, 5.74) is 1.13. The van der Waals surface area contributed by atoms with Crippen molar-refractivity contribution in [3.8, 4) is 0 Å². The van der Waals surface area contributed by atoms with Crippen LogP contribution in [-0.2, 0) is 9.59 Å². The highest BCUT2D eigenvalue weighted by atomic mass is 16.3. The molecular formula is C11H11N2O3. The van der Waals surface area contributed by atoms with Crippen LogP contribution in [0.4, 0.5) is 11.4 Å². The first kappa shape index (κ1) is 10.6. The van der Waals surface area contributed by atoms with Crippen molar-refractivity contribution in [1.29, 1.82) is 0 Å². The third-order valence-corrected chi connectivity index (χ3v) is 2.36. The van der Waals surface area contributed by atoms with Gasteiger partial charge in [0.15, 0.2) is 0 Å². The number of aliphatic hydroxyl groups excluding tert-OH is 1. The molecular weight excluding hydrogens is 208 g/mol. The molecule has 1 aliphatic heterocycles. The number of aliphatic hydroxyl groups is 1. The average Bonchev–Trinajstić information content (AvgIpc) is 2.30. The minimum Gasteiger partial charge on any atom is -0.396 e. The van der Waals surface area contributed by atoms with Gasteiger partial charge in [0.05, 0.1) is 11.4 Å². The third-order valence-electron chi connectivity index (χ3n) is 2.36. The molecule has 0 unspecified atom stereocenters. The van der Waals surface area contributed by atoms with Crippen LogP contribution in [0.25, 0.3) is 0 Å². The highest BCUT2D eigenvalue weighted by Crippen LogP contribution is 2.29. The molecule has 1 N–H and O–H groups in total. The average molecular weight is 219 g/mol. The van der Waals surface area contributed by atoms with Crippen LogP contribution < -0.4 is 10.2 Å². The van der Waals surface area contributed by atoms with Gasteiger partial charge in [-0.15, -0.1) is 0 Å². The normalized spacial score (nSPS) is 14.7.